The van der Waals surface area contributed by atoms with Gasteiger partial charge in [-0.05, 0) is 71.4 Å². The molecular formula is C28H30. The molecule has 0 N–H and O–H groups in total. The first-order valence-electron chi connectivity index (χ1n) is 11.1. The van der Waals surface area contributed by atoms with Crippen LogP contribution in [0.5, 0.6) is 0 Å². The van der Waals surface area contributed by atoms with Gasteiger partial charge in [0.15, 0.2) is 0 Å². The minimum Gasteiger partial charge on any atom is -0.0836 e. The van der Waals surface area contributed by atoms with Crippen LogP contribution >= 0.6 is 0 Å². The standard InChI is InChI=1S/C28H30/c1-2-8-24(9-3-1)27-19-18-25(26-10-5-11-28(26)27)20-23-16-14-22(15-17-23)7-4-6-21-12-13-21/h2,5,8-11,14-19,21,28H,1,3-4,6-7,12-13,20H2. The van der Waals surface area contributed by atoms with E-state index in [4.69, 9.17) is 0 Å². The molecule has 4 aliphatic rings. The molecule has 4 aliphatic carbocycles. The molecule has 1 atom stereocenters. The number of hydrogen-bond acceptors (Lipinski definition) is 0. The second-order valence-corrected chi connectivity index (χ2v) is 8.77. The van der Waals surface area contributed by atoms with Crippen molar-refractivity contribution >= 4 is 0 Å². The molecule has 1 saturated carbocycles. The van der Waals surface area contributed by atoms with Gasteiger partial charge in [0.25, 0.3) is 0 Å². The topological polar surface area (TPSA) is 0 Å². The predicted molar refractivity (Wildman–Crippen MR) is 119 cm³/mol. The van der Waals surface area contributed by atoms with Crippen molar-refractivity contribution in [1.29, 1.82) is 0 Å². The second-order valence-electron chi connectivity index (χ2n) is 8.77. The van der Waals surface area contributed by atoms with Crippen LogP contribution in [0.25, 0.3) is 0 Å². The Morgan fingerprint density at radius 1 is 0.857 bits per heavy atom. The Kier molecular flexibility index (Phi) is 5.04. The van der Waals surface area contributed by atoms with Gasteiger partial charge in [-0.3, -0.25) is 0 Å². The van der Waals surface area contributed by atoms with Gasteiger partial charge < -0.3 is 0 Å². The summed E-state index contributed by atoms with van der Waals surface area (Å²) >= 11 is 0. The Bertz CT molecular complexity index is 907. The molecule has 0 bridgehead atoms. The van der Waals surface area contributed by atoms with E-state index in [0.29, 0.717) is 5.92 Å². The summed E-state index contributed by atoms with van der Waals surface area (Å²) in [7, 11) is 0. The zero-order valence-corrected chi connectivity index (χ0v) is 16.7. The van der Waals surface area contributed by atoms with Crippen molar-refractivity contribution in [3.05, 3.63) is 106 Å². The molecule has 0 heteroatoms. The normalized spacial score (nSPS) is 23.1. The Hall–Kier alpha value is -2.34. The summed E-state index contributed by atoms with van der Waals surface area (Å²) < 4.78 is 0. The third-order valence-corrected chi connectivity index (χ3v) is 6.60. The molecule has 0 radical (unpaired) electrons. The lowest BCUT2D eigenvalue weighted by Crippen LogP contribution is -2.12. The van der Waals surface area contributed by atoms with Crippen LogP contribution in [0.1, 0.15) is 49.7 Å². The van der Waals surface area contributed by atoms with Crippen LogP contribution in [-0.2, 0) is 12.8 Å². The van der Waals surface area contributed by atoms with Gasteiger partial charge in [0.1, 0.15) is 0 Å². The Morgan fingerprint density at radius 2 is 1.71 bits per heavy atom. The van der Waals surface area contributed by atoms with Crippen molar-refractivity contribution in [3.8, 4) is 0 Å². The summed E-state index contributed by atoms with van der Waals surface area (Å²) in [5.74, 6) is 1.49. The first kappa shape index (κ1) is 17.7. The van der Waals surface area contributed by atoms with Crippen molar-refractivity contribution in [2.45, 2.75) is 51.4 Å². The van der Waals surface area contributed by atoms with E-state index in [1.165, 1.54) is 78.4 Å². The molecule has 1 fully saturated rings. The van der Waals surface area contributed by atoms with E-state index in [0.717, 1.165) is 12.3 Å². The van der Waals surface area contributed by atoms with Gasteiger partial charge in [-0.1, -0.05) is 92.1 Å². The monoisotopic (exact) mass is 366 g/mol. The van der Waals surface area contributed by atoms with E-state index in [1.54, 1.807) is 0 Å². The zero-order valence-electron chi connectivity index (χ0n) is 16.7. The highest BCUT2D eigenvalue weighted by Crippen LogP contribution is 2.41. The van der Waals surface area contributed by atoms with Gasteiger partial charge in [0.2, 0.25) is 0 Å². The zero-order chi connectivity index (χ0) is 18.8. The third kappa shape index (κ3) is 3.92. The van der Waals surface area contributed by atoms with E-state index in [9.17, 15) is 0 Å². The fourth-order valence-corrected chi connectivity index (χ4v) is 4.76. The van der Waals surface area contributed by atoms with Gasteiger partial charge in [0.05, 0.1) is 0 Å². The molecule has 0 amide bonds. The van der Waals surface area contributed by atoms with Crippen molar-refractivity contribution in [1.82, 2.24) is 0 Å². The molecule has 1 unspecified atom stereocenters. The maximum Gasteiger partial charge on any atom is 0.0281 e. The fourth-order valence-electron chi connectivity index (χ4n) is 4.76. The molecule has 142 valence electrons. The Balaban J connectivity index is 1.28. The summed E-state index contributed by atoms with van der Waals surface area (Å²) in [6.07, 6.45) is 29.0. The van der Waals surface area contributed by atoms with Crippen LogP contribution in [0, 0.1) is 11.8 Å². The van der Waals surface area contributed by atoms with Crippen LogP contribution in [0.2, 0.25) is 0 Å². The van der Waals surface area contributed by atoms with E-state index in [2.05, 4.69) is 72.9 Å². The lowest BCUT2D eigenvalue weighted by atomic mass is 9.78. The van der Waals surface area contributed by atoms with Gasteiger partial charge in [0, 0.05) is 5.92 Å². The lowest BCUT2D eigenvalue weighted by molar-refractivity contribution is 0.666. The van der Waals surface area contributed by atoms with Crippen LogP contribution in [0.15, 0.2) is 95.2 Å². The highest BCUT2D eigenvalue weighted by molar-refractivity contribution is 5.60. The number of fused-ring (bicyclic) bond motifs is 1. The van der Waals surface area contributed by atoms with Crippen molar-refractivity contribution in [2.24, 2.45) is 11.8 Å². The van der Waals surface area contributed by atoms with E-state index >= 15 is 0 Å². The number of allylic oxidation sites excluding steroid dienone is 12. The molecule has 0 nitrogen and oxygen atoms in total. The predicted octanol–water partition coefficient (Wildman–Crippen LogP) is 7.22. The van der Waals surface area contributed by atoms with E-state index < -0.39 is 0 Å². The van der Waals surface area contributed by atoms with Crippen molar-refractivity contribution in [2.75, 3.05) is 0 Å². The highest BCUT2D eigenvalue weighted by Gasteiger charge is 2.26. The summed E-state index contributed by atoms with van der Waals surface area (Å²) in [4.78, 5) is 0. The summed E-state index contributed by atoms with van der Waals surface area (Å²) in [5.41, 5.74) is 8.77. The van der Waals surface area contributed by atoms with Gasteiger partial charge >= 0.3 is 0 Å². The number of benzene rings is 1. The van der Waals surface area contributed by atoms with Gasteiger partial charge in [-0.15, -0.1) is 0 Å². The average Bonchev–Trinajstić information content (AvgIpc) is 3.43. The molecule has 28 heavy (non-hydrogen) atoms. The minimum absolute atomic E-state index is 0.440. The quantitative estimate of drug-likeness (QED) is 0.478. The van der Waals surface area contributed by atoms with E-state index in [1.807, 2.05) is 0 Å². The van der Waals surface area contributed by atoms with E-state index in [-0.39, 0.29) is 0 Å². The third-order valence-electron chi connectivity index (χ3n) is 6.60. The SMILES string of the molecule is C1=CC2C(C3=CCCC=C3)=CC=C(Cc3ccc(CCCC4CC4)cc3)C2=C1. The van der Waals surface area contributed by atoms with Crippen LogP contribution < -0.4 is 0 Å². The summed E-state index contributed by atoms with van der Waals surface area (Å²) in [6, 6.07) is 9.39. The van der Waals surface area contributed by atoms with Crippen molar-refractivity contribution < 1.29 is 0 Å². The Morgan fingerprint density at radius 3 is 2.50 bits per heavy atom. The molecule has 1 aromatic rings. The molecule has 5 rings (SSSR count). The molecule has 0 heterocycles. The maximum absolute atomic E-state index is 2.40. The summed E-state index contributed by atoms with van der Waals surface area (Å²) in [6.45, 7) is 0. The molecule has 0 saturated heterocycles. The fraction of sp³-hybridized carbons (Fsp3) is 0.357. The Labute approximate surface area is 169 Å². The van der Waals surface area contributed by atoms with Crippen molar-refractivity contribution in [3.63, 3.8) is 0 Å². The first-order valence-corrected chi connectivity index (χ1v) is 11.1. The lowest BCUT2D eigenvalue weighted by Gasteiger charge is -2.26. The molecule has 1 aromatic carbocycles. The molecule has 0 spiro atoms. The van der Waals surface area contributed by atoms with Gasteiger partial charge in [-0.2, -0.15) is 0 Å². The molecule has 0 aliphatic heterocycles. The second kappa shape index (κ2) is 7.95. The molecular weight excluding hydrogens is 336 g/mol. The van der Waals surface area contributed by atoms with Gasteiger partial charge in [-0.25, -0.2) is 0 Å². The minimum atomic E-state index is 0.440. The number of rotatable bonds is 7. The average molecular weight is 367 g/mol. The highest BCUT2D eigenvalue weighted by atomic mass is 14.3. The van der Waals surface area contributed by atoms with Crippen LogP contribution in [-0.4, -0.2) is 0 Å². The number of aryl methyl sites for hydroxylation is 1. The maximum atomic E-state index is 2.40. The van der Waals surface area contributed by atoms with Crippen LogP contribution in [0.3, 0.4) is 0 Å². The summed E-state index contributed by atoms with van der Waals surface area (Å²) in [5, 5.41) is 0. The largest absolute Gasteiger partial charge is 0.0836 e. The first-order chi connectivity index (χ1) is 13.9. The van der Waals surface area contributed by atoms with Crippen LogP contribution in [0.4, 0.5) is 0 Å². The molecule has 0 aromatic heterocycles. The number of hydrogen-bond donors (Lipinski definition) is 0. The smallest absolute Gasteiger partial charge is 0.0281 e.